The van der Waals surface area contributed by atoms with Gasteiger partial charge < -0.3 is 4.42 Å². The lowest BCUT2D eigenvalue weighted by molar-refractivity contribution is -0.384. The van der Waals surface area contributed by atoms with E-state index in [0.717, 1.165) is 22.5 Å². The van der Waals surface area contributed by atoms with Crippen molar-refractivity contribution in [3.63, 3.8) is 0 Å². The average Bonchev–Trinajstić information content (AvgIpc) is 3.75. The van der Waals surface area contributed by atoms with Crippen molar-refractivity contribution in [1.29, 1.82) is 0 Å². The van der Waals surface area contributed by atoms with Crippen LogP contribution in [0.15, 0.2) is 107 Å². The second-order valence-electron chi connectivity index (χ2n) is 9.01. The van der Waals surface area contributed by atoms with Gasteiger partial charge in [0.1, 0.15) is 16.5 Å². The van der Waals surface area contributed by atoms with Gasteiger partial charge in [0.05, 0.1) is 22.5 Å². The molecule has 3 aromatic heterocycles. The molecular weight excluding hydrogens is 542 g/mol. The lowest BCUT2D eigenvalue weighted by atomic mass is 10.1. The van der Waals surface area contributed by atoms with Crippen LogP contribution in [0.4, 0.5) is 5.69 Å². The van der Waals surface area contributed by atoms with Gasteiger partial charge in [-0.2, -0.15) is 19.6 Å². The molecule has 0 N–H and O–H groups in total. The van der Waals surface area contributed by atoms with Gasteiger partial charge in [-0.1, -0.05) is 79.2 Å². The Morgan fingerprint density at radius 1 is 0.927 bits per heavy atom. The molecule has 0 aliphatic carbocycles. The molecule has 0 bridgehead atoms. The Morgan fingerprint density at radius 2 is 1.66 bits per heavy atom. The summed E-state index contributed by atoms with van der Waals surface area (Å²) in [6.07, 6.45) is 2.12. The van der Waals surface area contributed by atoms with Crippen molar-refractivity contribution < 1.29 is 9.34 Å². The number of halogens is 1. The van der Waals surface area contributed by atoms with Crippen molar-refractivity contribution in [2.45, 2.75) is 13.3 Å². The number of nitrogens with zero attached hydrogens (tertiary/aromatic N) is 7. The molecule has 11 heteroatoms. The van der Waals surface area contributed by atoms with Crippen molar-refractivity contribution in [3.05, 3.63) is 124 Å². The fourth-order valence-electron chi connectivity index (χ4n) is 4.37. The average molecular weight is 564 g/mol. The van der Waals surface area contributed by atoms with E-state index < -0.39 is 4.92 Å². The second-order valence-corrected chi connectivity index (χ2v) is 9.42. The fraction of sp³-hybridized carbons (Fsp3) is 0.0667. The predicted octanol–water partition coefficient (Wildman–Crippen LogP) is 7.06. The number of aryl methyl sites for hydroxylation is 1. The van der Waals surface area contributed by atoms with Crippen LogP contribution in [0.25, 0.3) is 39.8 Å². The number of nitro benzene ring substituents is 1. The van der Waals surface area contributed by atoms with Crippen molar-refractivity contribution in [3.8, 4) is 39.8 Å². The normalized spacial score (nSPS) is 11.4. The molecule has 0 atom stereocenters. The van der Waals surface area contributed by atoms with Crippen molar-refractivity contribution in [2.24, 2.45) is 5.10 Å². The maximum Gasteiger partial charge on any atom is 0.288 e. The topological polar surface area (TPSA) is 117 Å². The van der Waals surface area contributed by atoms with Gasteiger partial charge in [-0.3, -0.25) is 10.1 Å². The second kappa shape index (κ2) is 11.0. The fourth-order valence-corrected chi connectivity index (χ4v) is 4.56. The molecule has 3 aromatic carbocycles. The molecule has 0 unspecified atom stereocenters. The third kappa shape index (κ3) is 5.15. The first-order chi connectivity index (χ1) is 20.0. The lowest BCUT2D eigenvalue weighted by Gasteiger charge is -2.07. The van der Waals surface area contributed by atoms with Gasteiger partial charge in [0.15, 0.2) is 5.82 Å². The summed E-state index contributed by atoms with van der Waals surface area (Å²) in [6.45, 7) is 1.97. The highest BCUT2D eigenvalue weighted by Crippen LogP contribution is 2.31. The largest absolute Gasteiger partial charge is 0.455 e. The highest BCUT2D eigenvalue weighted by molar-refractivity contribution is 6.32. The smallest absolute Gasteiger partial charge is 0.288 e. The van der Waals surface area contributed by atoms with Crippen LogP contribution in [0, 0.1) is 10.1 Å². The van der Waals surface area contributed by atoms with Gasteiger partial charge in [-0.25, -0.2) is 0 Å². The molecule has 0 saturated carbocycles. The van der Waals surface area contributed by atoms with Crippen LogP contribution < -0.4 is 0 Å². The predicted molar refractivity (Wildman–Crippen MR) is 156 cm³/mol. The summed E-state index contributed by atoms with van der Waals surface area (Å²) in [4.78, 5) is 10.8. The lowest BCUT2D eigenvalue weighted by Crippen LogP contribution is -2.08. The zero-order valence-corrected chi connectivity index (χ0v) is 22.5. The van der Waals surface area contributed by atoms with E-state index in [9.17, 15) is 10.1 Å². The maximum atomic E-state index is 11.3. The Hall–Kier alpha value is -5.35. The van der Waals surface area contributed by atoms with E-state index in [1.54, 1.807) is 33.8 Å². The first kappa shape index (κ1) is 25.9. The van der Waals surface area contributed by atoms with Crippen LogP contribution in [-0.2, 0) is 6.42 Å². The number of hydrogen-bond acceptors (Lipinski definition) is 7. The summed E-state index contributed by atoms with van der Waals surface area (Å²) >= 11 is 5.96. The summed E-state index contributed by atoms with van der Waals surface area (Å²) in [7, 11) is 0. The third-order valence-corrected chi connectivity index (χ3v) is 6.72. The molecule has 0 aliphatic rings. The Labute approximate surface area is 239 Å². The number of nitro groups is 1. The van der Waals surface area contributed by atoms with Crippen LogP contribution in [0.3, 0.4) is 0 Å². The number of aromatic nitrogens is 5. The Balaban J connectivity index is 1.39. The summed E-state index contributed by atoms with van der Waals surface area (Å²) < 4.78 is 9.29. The Kier molecular flexibility index (Phi) is 6.97. The minimum absolute atomic E-state index is 0.0586. The standard InChI is InChI=1S/C30H22ClN7O3/c1-2-29-33-34-30(36-26(21-11-7-4-8-12-21)18-25(35-36)20-9-5-3-6-10-20)37(29)32-19-23-14-16-28(41-23)22-13-15-24(31)27(17-22)38(39)40/h3-19H,2H2,1H3. The molecule has 202 valence electrons. The van der Waals surface area contributed by atoms with Gasteiger partial charge in [-0.15, -0.1) is 10.2 Å². The maximum absolute atomic E-state index is 11.3. The Bertz CT molecular complexity index is 1870. The van der Waals surface area contributed by atoms with E-state index in [4.69, 9.17) is 21.1 Å². The molecule has 0 fully saturated rings. The van der Waals surface area contributed by atoms with E-state index in [0.29, 0.717) is 35.3 Å². The molecule has 10 nitrogen and oxygen atoms in total. The molecule has 41 heavy (non-hydrogen) atoms. The molecule has 0 amide bonds. The molecule has 6 rings (SSSR count). The van der Waals surface area contributed by atoms with E-state index in [2.05, 4.69) is 15.3 Å². The first-order valence-electron chi connectivity index (χ1n) is 12.8. The van der Waals surface area contributed by atoms with E-state index in [-0.39, 0.29) is 10.7 Å². The number of furan rings is 1. The van der Waals surface area contributed by atoms with Crippen molar-refractivity contribution in [2.75, 3.05) is 0 Å². The molecule has 3 heterocycles. The van der Waals surface area contributed by atoms with Crippen molar-refractivity contribution >= 4 is 23.5 Å². The van der Waals surface area contributed by atoms with Gasteiger partial charge in [-0.05, 0) is 30.3 Å². The number of rotatable bonds is 8. The first-order valence-corrected chi connectivity index (χ1v) is 13.1. The van der Waals surface area contributed by atoms with Crippen LogP contribution in [-0.4, -0.2) is 35.8 Å². The highest BCUT2D eigenvalue weighted by atomic mass is 35.5. The van der Waals surface area contributed by atoms with Gasteiger partial charge >= 0.3 is 0 Å². The van der Waals surface area contributed by atoms with Crippen molar-refractivity contribution in [1.82, 2.24) is 24.7 Å². The van der Waals surface area contributed by atoms with Crippen LogP contribution in [0.1, 0.15) is 18.5 Å². The minimum Gasteiger partial charge on any atom is -0.455 e. The van der Waals surface area contributed by atoms with Gasteiger partial charge in [0, 0.05) is 29.2 Å². The quantitative estimate of drug-likeness (QED) is 0.111. The molecule has 0 spiro atoms. The van der Waals surface area contributed by atoms with Crippen LogP contribution in [0.5, 0.6) is 0 Å². The minimum atomic E-state index is -0.529. The van der Waals surface area contributed by atoms with Crippen LogP contribution >= 0.6 is 11.6 Å². The Morgan fingerprint density at radius 3 is 2.37 bits per heavy atom. The molecule has 0 aliphatic heterocycles. The van der Waals surface area contributed by atoms with E-state index in [1.807, 2.05) is 73.7 Å². The van der Waals surface area contributed by atoms with Gasteiger partial charge in [0.2, 0.25) is 0 Å². The zero-order valence-electron chi connectivity index (χ0n) is 21.8. The number of hydrogen-bond donors (Lipinski definition) is 0. The molecule has 6 aromatic rings. The highest BCUT2D eigenvalue weighted by Gasteiger charge is 2.20. The van der Waals surface area contributed by atoms with Gasteiger partial charge in [0.25, 0.3) is 11.6 Å². The van der Waals surface area contributed by atoms with Crippen LogP contribution in [0.2, 0.25) is 5.02 Å². The zero-order chi connectivity index (χ0) is 28.3. The molecular formula is C30H22ClN7O3. The van der Waals surface area contributed by atoms with E-state index in [1.165, 1.54) is 12.1 Å². The molecule has 0 saturated heterocycles. The monoisotopic (exact) mass is 563 g/mol. The summed E-state index contributed by atoms with van der Waals surface area (Å²) in [5.41, 5.74) is 3.89. The number of benzene rings is 3. The SMILES string of the molecule is CCc1nnc(-n2nc(-c3ccccc3)cc2-c2ccccc2)n1N=Cc1ccc(-c2ccc(Cl)c([N+](=O)[O-])c2)o1. The summed E-state index contributed by atoms with van der Waals surface area (Å²) in [5.74, 6) is 1.93. The molecule has 0 radical (unpaired) electrons. The summed E-state index contributed by atoms with van der Waals surface area (Å²) in [5, 5.41) is 29.7. The van der Waals surface area contributed by atoms with E-state index >= 15 is 0 Å². The third-order valence-electron chi connectivity index (χ3n) is 6.40. The summed E-state index contributed by atoms with van der Waals surface area (Å²) in [6, 6.07) is 29.8.